The van der Waals surface area contributed by atoms with Crippen LogP contribution in [0.3, 0.4) is 0 Å². The largest absolute Gasteiger partial charge is 0.475 e. The summed E-state index contributed by atoms with van der Waals surface area (Å²) in [6, 6.07) is 9.85. The van der Waals surface area contributed by atoms with Crippen molar-refractivity contribution in [1.29, 1.82) is 0 Å². The van der Waals surface area contributed by atoms with E-state index in [2.05, 4.69) is 11.9 Å². The Labute approximate surface area is 172 Å². The molecule has 1 aromatic carbocycles. The Morgan fingerprint density at radius 1 is 0.857 bits per heavy atom. The molecular weight excluding hydrogens is 346 g/mol. The van der Waals surface area contributed by atoms with E-state index in [0.717, 1.165) is 18.4 Å². The lowest BCUT2D eigenvalue weighted by molar-refractivity contribution is 0.117. The van der Waals surface area contributed by atoms with Crippen molar-refractivity contribution in [3.63, 3.8) is 0 Å². The van der Waals surface area contributed by atoms with Gasteiger partial charge in [0, 0.05) is 5.56 Å². The molecule has 0 aromatic heterocycles. The van der Waals surface area contributed by atoms with Crippen molar-refractivity contribution in [3.8, 4) is 0 Å². The third-order valence-electron chi connectivity index (χ3n) is 5.74. The van der Waals surface area contributed by atoms with E-state index in [4.69, 9.17) is 4.74 Å². The highest BCUT2D eigenvalue weighted by atomic mass is 16.5. The van der Waals surface area contributed by atoms with Crippen molar-refractivity contribution in [2.24, 2.45) is 4.99 Å². The van der Waals surface area contributed by atoms with Crippen molar-refractivity contribution in [2.75, 3.05) is 6.61 Å². The van der Waals surface area contributed by atoms with Crippen LogP contribution in [0.25, 0.3) is 0 Å². The van der Waals surface area contributed by atoms with Crippen LogP contribution in [0.15, 0.2) is 35.3 Å². The second-order valence-corrected chi connectivity index (χ2v) is 8.28. The quantitative estimate of drug-likeness (QED) is 0.322. The van der Waals surface area contributed by atoms with Gasteiger partial charge in [-0.25, -0.2) is 4.99 Å². The fraction of sp³-hybridized carbons (Fsp3) is 0.720. The average molecular weight is 388 g/mol. The Bertz CT molecular complexity index is 529. The number of hydrogen-bond donors (Lipinski definition) is 1. The third-order valence-corrected chi connectivity index (χ3v) is 5.74. The molecule has 0 radical (unpaired) electrons. The predicted molar refractivity (Wildman–Crippen MR) is 119 cm³/mol. The molecule has 2 atom stereocenters. The number of rotatable bonds is 16. The summed E-state index contributed by atoms with van der Waals surface area (Å²) in [4.78, 5) is 4.58. The molecule has 28 heavy (non-hydrogen) atoms. The molecule has 1 aliphatic rings. The van der Waals surface area contributed by atoms with E-state index < -0.39 is 0 Å². The van der Waals surface area contributed by atoms with Gasteiger partial charge in [-0.1, -0.05) is 109 Å². The number of aliphatic hydroxyl groups excluding tert-OH is 1. The first-order valence-corrected chi connectivity index (χ1v) is 11.8. The second kappa shape index (κ2) is 14.6. The predicted octanol–water partition coefficient (Wildman–Crippen LogP) is 6.67. The number of hydrogen-bond acceptors (Lipinski definition) is 3. The Hall–Kier alpha value is -1.35. The summed E-state index contributed by atoms with van der Waals surface area (Å²) in [5.74, 6) is 0.676. The summed E-state index contributed by atoms with van der Waals surface area (Å²) in [6.45, 7) is 2.78. The molecule has 1 aliphatic heterocycles. The minimum absolute atomic E-state index is 0.104. The van der Waals surface area contributed by atoms with E-state index in [1.807, 2.05) is 30.3 Å². The molecule has 0 saturated heterocycles. The second-order valence-electron chi connectivity index (χ2n) is 8.28. The van der Waals surface area contributed by atoms with Gasteiger partial charge in [0.25, 0.3) is 0 Å². The molecule has 0 unspecified atom stereocenters. The number of aliphatic imine (C=N–C) groups is 1. The van der Waals surface area contributed by atoms with Gasteiger partial charge in [0.2, 0.25) is 5.90 Å². The molecule has 1 N–H and O–H groups in total. The fourth-order valence-electron chi connectivity index (χ4n) is 3.89. The molecule has 0 amide bonds. The van der Waals surface area contributed by atoms with E-state index in [0.29, 0.717) is 12.5 Å². The van der Waals surface area contributed by atoms with Gasteiger partial charge in [0.05, 0.1) is 6.10 Å². The highest BCUT2D eigenvalue weighted by Gasteiger charge is 2.26. The Kier molecular flexibility index (Phi) is 12.0. The summed E-state index contributed by atoms with van der Waals surface area (Å²) in [6.07, 6.45) is 18.0. The van der Waals surface area contributed by atoms with E-state index in [1.54, 1.807) is 0 Å². The maximum atomic E-state index is 10.4. The van der Waals surface area contributed by atoms with Crippen LogP contribution in [-0.4, -0.2) is 29.8 Å². The van der Waals surface area contributed by atoms with E-state index in [1.165, 1.54) is 77.0 Å². The molecule has 158 valence electrons. The van der Waals surface area contributed by atoms with Gasteiger partial charge in [-0.3, -0.25) is 0 Å². The van der Waals surface area contributed by atoms with Gasteiger partial charge in [-0.2, -0.15) is 0 Å². The highest BCUT2D eigenvalue weighted by Crippen LogP contribution is 2.19. The highest BCUT2D eigenvalue weighted by molar-refractivity contribution is 5.95. The molecule has 3 heteroatoms. The lowest BCUT2D eigenvalue weighted by Gasteiger charge is -2.13. The number of ether oxygens (including phenoxy) is 1. The molecule has 0 aliphatic carbocycles. The van der Waals surface area contributed by atoms with Crippen molar-refractivity contribution in [3.05, 3.63) is 35.9 Å². The van der Waals surface area contributed by atoms with Gasteiger partial charge in [-0.15, -0.1) is 0 Å². The number of aliphatic hydroxyl groups is 1. The molecule has 1 aromatic rings. The average Bonchev–Trinajstić information content (AvgIpc) is 3.22. The van der Waals surface area contributed by atoms with E-state index in [9.17, 15) is 5.11 Å². The normalized spacial score (nSPS) is 17.4. The first kappa shape index (κ1) is 22.9. The summed E-state index contributed by atoms with van der Waals surface area (Å²) < 4.78 is 5.68. The molecule has 0 saturated carbocycles. The van der Waals surface area contributed by atoms with E-state index >= 15 is 0 Å². The Balaban J connectivity index is 1.43. The molecule has 3 nitrogen and oxygen atoms in total. The SMILES string of the molecule is CCCCCCCCCCCCCCC[C@@H](O)[C@@H]1COC(c2ccccc2)=N1. The number of nitrogens with zero attached hydrogens (tertiary/aromatic N) is 1. The van der Waals surface area contributed by atoms with Crippen LogP contribution in [0.5, 0.6) is 0 Å². The first-order chi connectivity index (χ1) is 13.8. The van der Waals surface area contributed by atoms with Crippen LogP contribution >= 0.6 is 0 Å². The molecule has 1 heterocycles. The van der Waals surface area contributed by atoms with Crippen LogP contribution in [-0.2, 0) is 4.74 Å². The maximum absolute atomic E-state index is 10.4. The molecule has 2 rings (SSSR count). The zero-order valence-corrected chi connectivity index (χ0v) is 18.0. The minimum Gasteiger partial charge on any atom is -0.475 e. The summed E-state index contributed by atoms with van der Waals surface area (Å²) in [7, 11) is 0. The molecular formula is C25H41NO2. The monoisotopic (exact) mass is 387 g/mol. The smallest absolute Gasteiger partial charge is 0.216 e. The van der Waals surface area contributed by atoms with Crippen molar-refractivity contribution >= 4 is 5.90 Å². The van der Waals surface area contributed by atoms with Crippen LogP contribution in [0.2, 0.25) is 0 Å². The topological polar surface area (TPSA) is 41.8 Å². The lowest BCUT2D eigenvalue weighted by Crippen LogP contribution is -2.25. The zero-order valence-electron chi connectivity index (χ0n) is 18.0. The molecule has 0 spiro atoms. The maximum Gasteiger partial charge on any atom is 0.216 e. The lowest BCUT2D eigenvalue weighted by atomic mass is 10.0. The Morgan fingerprint density at radius 2 is 1.39 bits per heavy atom. The van der Waals surface area contributed by atoms with Gasteiger partial charge < -0.3 is 9.84 Å². The zero-order chi connectivity index (χ0) is 19.9. The van der Waals surface area contributed by atoms with Crippen LogP contribution in [0.4, 0.5) is 0 Å². The Morgan fingerprint density at radius 3 is 1.96 bits per heavy atom. The fourth-order valence-corrected chi connectivity index (χ4v) is 3.89. The van der Waals surface area contributed by atoms with Gasteiger partial charge in [0.15, 0.2) is 0 Å². The molecule has 0 fully saturated rings. The van der Waals surface area contributed by atoms with Gasteiger partial charge in [-0.05, 0) is 18.6 Å². The molecule has 0 bridgehead atoms. The minimum atomic E-state index is -0.381. The van der Waals surface area contributed by atoms with Crippen molar-refractivity contribution in [2.45, 2.75) is 109 Å². The number of benzene rings is 1. The van der Waals surface area contributed by atoms with Crippen LogP contribution in [0, 0.1) is 0 Å². The van der Waals surface area contributed by atoms with Crippen molar-refractivity contribution in [1.82, 2.24) is 0 Å². The standard InChI is InChI=1S/C25H41NO2/c1-2-3-4-5-6-7-8-9-10-11-12-13-17-20-24(27)23-21-28-25(26-23)22-18-15-14-16-19-22/h14-16,18-19,23-24,27H,2-13,17,20-21H2,1H3/t23-,24+/m0/s1. The van der Waals surface area contributed by atoms with Crippen LogP contribution < -0.4 is 0 Å². The van der Waals surface area contributed by atoms with Crippen LogP contribution in [0.1, 0.15) is 102 Å². The summed E-state index contributed by atoms with van der Waals surface area (Å²) in [5.41, 5.74) is 0.998. The van der Waals surface area contributed by atoms with Gasteiger partial charge in [0.1, 0.15) is 12.6 Å². The first-order valence-electron chi connectivity index (χ1n) is 11.8. The summed E-state index contributed by atoms with van der Waals surface area (Å²) >= 11 is 0. The van der Waals surface area contributed by atoms with Gasteiger partial charge >= 0.3 is 0 Å². The van der Waals surface area contributed by atoms with Crippen molar-refractivity contribution < 1.29 is 9.84 Å². The van der Waals surface area contributed by atoms with E-state index in [-0.39, 0.29) is 12.1 Å². The summed E-state index contributed by atoms with van der Waals surface area (Å²) in [5, 5.41) is 10.4. The number of unbranched alkanes of at least 4 members (excludes halogenated alkanes) is 12. The third kappa shape index (κ3) is 9.23.